The van der Waals surface area contributed by atoms with Gasteiger partial charge in [-0.2, -0.15) is 5.10 Å². The van der Waals surface area contributed by atoms with Crippen LogP contribution in [0.4, 0.5) is 5.69 Å². The molecule has 100 valence electrons. The number of ether oxygens (including phenoxy) is 1. The SMILES string of the molecule is COc1ccccc1-n1cc(N)c(-c2cnccn2)n1. The summed E-state index contributed by atoms with van der Waals surface area (Å²) in [6.45, 7) is 0. The van der Waals surface area contributed by atoms with Crippen LogP contribution in [0.3, 0.4) is 0 Å². The van der Waals surface area contributed by atoms with Gasteiger partial charge in [0.15, 0.2) is 0 Å². The first-order valence-corrected chi connectivity index (χ1v) is 6.04. The Morgan fingerprint density at radius 3 is 2.80 bits per heavy atom. The summed E-state index contributed by atoms with van der Waals surface area (Å²) >= 11 is 0. The normalized spacial score (nSPS) is 10.4. The number of rotatable bonds is 3. The Kier molecular flexibility index (Phi) is 3.04. The largest absolute Gasteiger partial charge is 0.494 e. The highest BCUT2D eigenvalue weighted by Gasteiger charge is 2.13. The molecule has 0 bridgehead atoms. The second-order valence-electron chi connectivity index (χ2n) is 4.14. The van der Waals surface area contributed by atoms with E-state index in [1.54, 1.807) is 36.6 Å². The minimum absolute atomic E-state index is 0.538. The summed E-state index contributed by atoms with van der Waals surface area (Å²) in [4.78, 5) is 8.24. The van der Waals surface area contributed by atoms with Gasteiger partial charge < -0.3 is 10.5 Å². The average Bonchev–Trinajstić information content (AvgIpc) is 2.90. The summed E-state index contributed by atoms with van der Waals surface area (Å²) in [7, 11) is 1.62. The molecule has 3 rings (SSSR count). The molecule has 0 aliphatic heterocycles. The molecule has 0 spiro atoms. The number of hydrogen-bond donors (Lipinski definition) is 1. The molecule has 20 heavy (non-hydrogen) atoms. The molecular weight excluding hydrogens is 254 g/mol. The van der Waals surface area contributed by atoms with Gasteiger partial charge in [0.1, 0.15) is 22.8 Å². The molecule has 0 unspecified atom stereocenters. The molecular formula is C14H13N5O. The van der Waals surface area contributed by atoms with Crippen LogP contribution in [-0.2, 0) is 0 Å². The lowest BCUT2D eigenvalue weighted by atomic mass is 10.3. The van der Waals surface area contributed by atoms with Gasteiger partial charge in [0.2, 0.25) is 0 Å². The van der Waals surface area contributed by atoms with Crippen molar-refractivity contribution in [1.29, 1.82) is 0 Å². The number of methoxy groups -OCH3 is 1. The molecule has 2 heterocycles. The van der Waals surface area contributed by atoms with Crippen molar-refractivity contribution in [3.05, 3.63) is 49.1 Å². The van der Waals surface area contributed by atoms with Crippen molar-refractivity contribution in [3.63, 3.8) is 0 Å². The van der Waals surface area contributed by atoms with Gasteiger partial charge in [-0.3, -0.25) is 9.97 Å². The summed E-state index contributed by atoms with van der Waals surface area (Å²) in [6, 6.07) is 7.59. The van der Waals surface area contributed by atoms with Crippen LogP contribution in [0, 0.1) is 0 Å². The molecule has 2 aromatic heterocycles. The first-order chi connectivity index (χ1) is 9.79. The fourth-order valence-electron chi connectivity index (χ4n) is 1.95. The van der Waals surface area contributed by atoms with Gasteiger partial charge in [-0.1, -0.05) is 12.1 Å². The lowest BCUT2D eigenvalue weighted by Crippen LogP contribution is -1.98. The van der Waals surface area contributed by atoms with Crippen molar-refractivity contribution >= 4 is 5.69 Å². The van der Waals surface area contributed by atoms with E-state index >= 15 is 0 Å². The molecule has 0 fully saturated rings. The molecule has 1 aromatic carbocycles. The van der Waals surface area contributed by atoms with E-state index in [-0.39, 0.29) is 0 Å². The second kappa shape index (κ2) is 5.00. The van der Waals surface area contributed by atoms with Crippen molar-refractivity contribution in [1.82, 2.24) is 19.7 Å². The fourth-order valence-corrected chi connectivity index (χ4v) is 1.95. The van der Waals surface area contributed by atoms with E-state index in [9.17, 15) is 0 Å². The summed E-state index contributed by atoms with van der Waals surface area (Å²) in [5.41, 5.74) is 8.60. The molecule has 3 aromatic rings. The molecule has 6 nitrogen and oxygen atoms in total. The standard InChI is InChI=1S/C14H13N5O/c1-20-13-5-3-2-4-12(13)19-9-10(15)14(18-19)11-8-16-6-7-17-11/h2-9H,15H2,1H3. The Bertz CT molecular complexity index is 723. The van der Waals surface area contributed by atoms with Crippen LogP contribution in [0.25, 0.3) is 17.1 Å². The molecule has 0 radical (unpaired) electrons. The van der Waals surface area contributed by atoms with Crippen LogP contribution in [-0.4, -0.2) is 26.9 Å². The molecule has 0 saturated heterocycles. The van der Waals surface area contributed by atoms with Crippen molar-refractivity contribution in [2.24, 2.45) is 0 Å². The molecule has 0 saturated carbocycles. The van der Waals surface area contributed by atoms with Crippen LogP contribution in [0.1, 0.15) is 0 Å². The van der Waals surface area contributed by atoms with Gasteiger partial charge in [0.05, 0.1) is 25.2 Å². The highest BCUT2D eigenvalue weighted by molar-refractivity contribution is 5.69. The van der Waals surface area contributed by atoms with Crippen LogP contribution < -0.4 is 10.5 Å². The van der Waals surface area contributed by atoms with E-state index < -0.39 is 0 Å². The number of hydrogen-bond acceptors (Lipinski definition) is 5. The van der Waals surface area contributed by atoms with E-state index in [0.717, 1.165) is 11.4 Å². The van der Waals surface area contributed by atoms with Crippen LogP contribution in [0.5, 0.6) is 5.75 Å². The zero-order valence-corrected chi connectivity index (χ0v) is 10.9. The van der Waals surface area contributed by atoms with Gasteiger partial charge in [-0.15, -0.1) is 0 Å². The average molecular weight is 267 g/mol. The number of nitrogens with zero attached hydrogens (tertiary/aromatic N) is 4. The Morgan fingerprint density at radius 2 is 2.05 bits per heavy atom. The minimum atomic E-state index is 0.538. The Morgan fingerprint density at radius 1 is 1.20 bits per heavy atom. The Hall–Kier alpha value is -2.89. The monoisotopic (exact) mass is 267 g/mol. The minimum Gasteiger partial charge on any atom is -0.494 e. The quantitative estimate of drug-likeness (QED) is 0.784. The van der Waals surface area contributed by atoms with Gasteiger partial charge in [-0.05, 0) is 12.1 Å². The molecule has 0 aliphatic rings. The maximum Gasteiger partial charge on any atom is 0.144 e. The van der Waals surface area contributed by atoms with Gasteiger partial charge >= 0.3 is 0 Å². The number of benzene rings is 1. The van der Waals surface area contributed by atoms with E-state index in [4.69, 9.17) is 10.5 Å². The third-order valence-corrected chi connectivity index (χ3v) is 2.88. The van der Waals surface area contributed by atoms with Gasteiger partial charge in [0.25, 0.3) is 0 Å². The summed E-state index contributed by atoms with van der Waals surface area (Å²) in [5, 5.41) is 4.47. The zero-order valence-electron chi connectivity index (χ0n) is 10.9. The molecule has 0 aliphatic carbocycles. The van der Waals surface area contributed by atoms with E-state index in [0.29, 0.717) is 17.1 Å². The molecule has 0 amide bonds. The highest BCUT2D eigenvalue weighted by Crippen LogP contribution is 2.27. The van der Waals surface area contributed by atoms with Crippen LogP contribution in [0.2, 0.25) is 0 Å². The number of nitrogens with two attached hydrogens (primary N) is 1. The molecule has 2 N–H and O–H groups in total. The lowest BCUT2D eigenvalue weighted by molar-refractivity contribution is 0.412. The Balaban J connectivity index is 2.09. The maximum atomic E-state index is 6.01. The predicted octanol–water partition coefficient (Wildman–Crippen LogP) is 1.92. The lowest BCUT2D eigenvalue weighted by Gasteiger charge is -2.07. The maximum absolute atomic E-state index is 6.01. The zero-order chi connectivity index (χ0) is 13.9. The fraction of sp³-hybridized carbons (Fsp3) is 0.0714. The Labute approximate surface area is 115 Å². The van der Waals surface area contributed by atoms with Crippen LogP contribution in [0.15, 0.2) is 49.1 Å². The number of aromatic nitrogens is 4. The number of anilines is 1. The summed E-state index contributed by atoms with van der Waals surface area (Å²) < 4.78 is 7.00. The third kappa shape index (κ3) is 2.07. The van der Waals surface area contributed by atoms with Crippen molar-refractivity contribution in [2.75, 3.05) is 12.8 Å². The second-order valence-corrected chi connectivity index (χ2v) is 4.14. The highest BCUT2D eigenvalue weighted by atomic mass is 16.5. The van der Waals surface area contributed by atoms with Gasteiger partial charge in [0, 0.05) is 12.4 Å². The first kappa shape index (κ1) is 12.2. The van der Waals surface area contributed by atoms with E-state index in [2.05, 4.69) is 15.1 Å². The van der Waals surface area contributed by atoms with Crippen LogP contribution >= 0.6 is 0 Å². The first-order valence-electron chi connectivity index (χ1n) is 6.04. The summed E-state index contributed by atoms with van der Waals surface area (Å²) in [6.07, 6.45) is 6.58. The molecule has 6 heteroatoms. The third-order valence-electron chi connectivity index (χ3n) is 2.88. The number of para-hydroxylation sites is 2. The number of nitrogen functional groups attached to an aromatic ring is 1. The van der Waals surface area contributed by atoms with Crippen molar-refractivity contribution < 1.29 is 4.74 Å². The summed E-state index contributed by atoms with van der Waals surface area (Å²) in [5.74, 6) is 0.723. The van der Waals surface area contributed by atoms with Gasteiger partial charge in [-0.25, -0.2) is 4.68 Å². The van der Waals surface area contributed by atoms with E-state index in [1.807, 2.05) is 24.3 Å². The van der Waals surface area contributed by atoms with Crippen molar-refractivity contribution in [2.45, 2.75) is 0 Å². The van der Waals surface area contributed by atoms with E-state index in [1.165, 1.54) is 0 Å². The van der Waals surface area contributed by atoms with Crippen molar-refractivity contribution in [3.8, 4) is 22.8 Å². The molecule has 0 atom stereocenters. The smallest absolute Gasteiger partial charge is 0.144 e. The predicted molar refractivity (Wildman–Crippen MR) is 75.6 cm³/mol. The topological polar surface area (TPSA) is 78.9 Å².